The summed E-state index contributed by atoms with van der Waals surface area (Å²) in [5, 5.41) is 0. The standard InChI is InChI=1S/C26H39N2O6/c1-3-32-25(30)34-20-8-7-19-16-23-21-6-4-5-10-26(21,22(19)17-20)11-13-28(23,2)18-33-24(29)9-14-31-15-12-27/h7-8,17,21,23H,3-6,9-16,18,27H2,1-2H3/q+1/t21-,23+,26+,28?/m0/s1. The van der Waals surface area contributed by atoms with Gasteiger partial charge in [0.2, 0.25) is 6.73 Å². The number of likely N-dealkylation sites (tertiary alicyclic amines) is 1. The predicted octanol–water partition coefficient (Wildman–Crippen LogP) is 3.29. The molecule has 1 saturated heterocycles. The predicted molar refractivity (Wildman–Crippen MR) is 126 cm³/mol. The third-order valence-corrected chi connectivity index (χ3v) is 8.17. The van der Waals surface area contributed by atoms with Crippen LogP contribution < -0.4 is 10.5 Å². The van der Waals surface area contributed by atoms with Gasteiger partial charge in [0, 0.05) is 30.7 Å². The Morgan fingerprint density at radius 1 is 1.18 bits per heavy atom. The number of nitrogens with zero attached hydrogens (tertiary/aromatic N) is 1. The van der Waals surface area contributed by atoms with Crippen LogP contribution in [0.15, 0.2) is 18.2 Å². The van der Waals surface area contributed by atoms with E-state index < -0.39 is 6.16 Å². The Kier molecular flexibility index (Phi) is 7.80. The van der Waals surface area contributed by atoms with E-state index in [9.17, 15) is 9.59 Å². The Hall–Kier alpha value is -2.16. The van der Waals surface area contributed by atoms with Gasteiger partial charge in [0.05, 0.1) is 45.9 Å². The lowest BCUT2D eigenvalue weighted by Crippen LogP contribution is -2.69. The van der Waals surface area contributed by atoms with Crippen LogP contribution in [0.5, 0.6) is 5.75 Å². The Bertz CT molecular complexity index is 892. The summed E-state index contributed by atoms with van der Waals surface area (Å²) in [6.07, 6.45) is 6.36. The molecule has 0 amide bonds. The first kappa shape index (κ1) is 24.9. The average Bonchev–Trinajstić information content (AvgIpc) is 2.83. The summed E-state index contributed by atoms with van der Waals surface area (Å²) in [7, 11) is 2.24. The molecule has 3 aliphatic rings. The molecule has 1 aromatic rings. The molecule has 2 fully saturated rings. The van der Waals surface area contributed by atoms with Crippen LogP contribution in [-0.4, -0.2) is 69.3 Å². The number of likely N-dealkylation sites (N-methyl/N-ethyl adjacent to an activating group) is 1. The zero-order valence-corrected chi connectivity index (χ0v) is 20.6. The Morgan fingerprint density at radius 3 is 2.82 bits per heavy atom. The summed E-state index contributed by atoms with van der Waals surface area (Å²) in [6.45, 7) is 4.67. The zero-order valence-electron chi connectivity index (χ0n) is 20.6. The molecule has 8 nitrogen and oxygen atoms in total. The van der Waals surface area contributed by atoms with Crippen molar-refractivity contribution < 1.29 is 33.0 Å². The number of rotatable bonds is 9. The summed E-state index contributed by atoms with van der Waals surface area (Å²) in [4.78, 5) is 24.2. The molecule has 0 radical (unpaired) electrons. The monoisotopic (exact) mass is 475 g/mol. The molecule has 34 heavy (non-hydrogen) atoms. The summed E-state index contributed by atoms with van der Waals surface area (Å²) < 4.78 is 22.2. The van der Waals surface area contributed by atoms with Gasteiger partial charge in [-0.1, -0.05) is 18.9 Å². The third-order valence-electron chi connectivity index (χ3n) is 8.17. The number of benzene rings is 1. The van der Waals surface area contributed by atoms with E-state index in [4.69, 9.17) is 24.7 Å². The molecule has 2 bridgehead atoms. The van der Waals surface area contributed by atoms with Crippen molar-refractivity contribution in [3.8, 4) is 5.75 Å². The summed E-state index contributed by atoms with van der Waals surface area (Å²) >= 11 is 0. The summed E-state index contributed by atoms with van der Waals surface area (Å²) in [5.74, 6) is 0.869. The molecule has 2 aliphatic carbocycles. The second-order valence-electron chi connectivity index (χ2n) is 10.1. The molecule has 1 heterocycles. The van der Waals surface area contributed by atoms with Gasteiger partial charge in [-0.3, -0.25) is 9.28 Å². The largest absolute Gasteiger partial charge is 0.513 e. The SMILES string of the molecule is CCOC(=O)Oc1ccc2c(c1)[C@@]13CCCC[C@H]1[C@@H](C2)[N+](C)(COC(=O)CCOCCN)CC3. The van der Waals surface area contributed by atoms with E-state index in [0.29, 0.717) is 50.8 Å². The Morgan fingerprint density at radius 2 is 2.03 bits per heavy atom. The van der Waals surface area contributed by atoms with Gasteiger partial charge in [0.15, 0.2) is 0 Å². The molecule has 1 saturated carbocycles. The van der Waals surface area contributed by atoms with Crippen LogP contribution in [0.25, 0.3) is 0 Å². The molecule has 1 aromatic carbocycles. The molecule has 4 atom stereocenters. The minimum atomic E-state index is -0.656. The number of esters is 1. The molecule has 188 valence electrons. The van der Waals surface area contributed by atoms with Crippen LogP contribution in [0, 0.1) is 5.92 Å². The lowest BCUT2D eigenvalue weighted by molar-refractivity contribution is -0.959. The number of hydrogen-bond acceptors (Lipinski definition) is 7. The fraction of sp³-hybridized carbons (Fsp3) is 0.692. The van der Waals surface area contributed by atoms with Crippen molar-refractivity contribution in [2.24, 2.45) is 11.7 Å². The van der Waals surface area contributed by atoms with Crippen LogP contribution in [-0.2, 0) is 30.8 Å². The molecule has 8 heteroatoms. The highest BCUT2D eigenvalue weighted by Gasteiger charge is 2.59. The van der Waals surface area contributed by atoms with Crippen LogP contribution >= 0.6 is 0 Å². The molecular weight excluding hydrogens is 436 g/mol. The van der Waals surface area contributed by atoms with E-state index in [0.717, 1.165) is 30.3 Å². The lowest BCUT2D eigenvalue weighted by atomic mass is 9.52. The maximum absolute atomic E-state index is 12.3. The highest BCUT2D eigenvalue weighted by molar-refractivity contribution is 5.69. The minimum absolute atomic E-state index is 0.0996. The van der Waals surface area contributed by atoms with Crippen molar-refractivity contribution in [2.45, 2.75) is 63.3 Å². The van der Waals surface area contributed by atoms with Crippen molar-refractivity contribution in [1.29, 1.82) is 0 Å². The Balaban J connectivity index is 1.52. The van der Waals surface area contributed by atoms with Gasteiger partial charge in [-0.15, -0.1) is 0 Å². The van der Waals surface area contributed by atoms with Crippen molar-refractivity contribution in [2.75, 3.05) is 46.7 Å². The average molecular weight is 476 g/mol. The number of nitrogens with two attached hydrogens (primary N) is 1. The van der Waals surface area contributed by atoms with Crippen molar-refractivity contribution in [3.05, 3.63) is 29.3 Å². The quantitative estimate of drug-likeness (QED) is 0.253. The molecule has 1 aliphatic heterocycles. The topological polar surface area (TPSA) is 97.1 Å². The molecule has 0 aromatic heterocycles. The van der Waals surface area contributed by atoms with E-state index in [1.807, 2.05) is 6.07 Å². The minimum Gasteiger partial charge on any atom is -0.434 e. The first-order chi connectivity index (χ1) is 16.4. The number of quaternary nitrogens is 1. The highest BCUT2D eigenvalue weighted by atomic mass is 16.7. The van der Waals surface area contributed by atoms with Crippen LogP contribution in [0.2, 0.25) is 0 Å². The molecule has 4 rings (SSSR count). The molecule has 1 unspecified atom stereocenters. The number of fused-ring (bicyclic) bond motifs is 1. The fourth-order valence-corrected chi connectivity index (χ4v) is 6.55. The number of hydrogen-bond donors (Lipinski definition) is 1. The third kappa shape index (κ3) is 4.95. The Labute approximate surface area is 202 Å². The summed E-state index contributed by atoms with van der Waals surface area (Å²) in [6, 6.07) is 6.47. The fourth-order valence-electron chi connectivity index (χ4n) is 6.55. The van der Waals surface area contributed by atoms with Crippen molar-refractivity contribution in [3.63, 3.8) is 0 Å². The van der Waals surface area contributed by atoms with Gasteiger partial charge < -0.3 is 24.7 Å². The highest BCUT2D eigenvalue weighted by Crippen LogP contribution is 2.57. The second kappa shape index (κ2) is 10.6. The molecule has 0 spiro atoms. The maximum Gasteiger partial charge on any atom is 0.513 e. The van der Waals surface area contributed by atoms with Crippen molar-refractivity contribution >= 4 is 12.1 Å². The van der Waals surface area contributed by atoms with Gasteiger partial charge in [-0.05, 0) is 43.0 Å². The normalized spacial score (nSPS) is 29.5. The van der Waals surface area contributed by atoms with E-state index >= 15 is 0 Å². The molecule has 2 N–H and O–H groups in total. The van der Waals surface area contributed by atoms with Gasteiger partial charge in [0.25, 0.3) is 0 Å². The number of carbonyl (C=O) groups excluding carboxylic acids is 2. The van der Waals surface area contributed by atoms with Gasteiger partial charge in [0.1, 0.15) is 5.75 Å². The van der Waals surface area contributed by atoms with Gasteiger partial charge in [-0.2, -0.15) is 0 Å². The van der Waals surface area contributed by atoms with E-state index in [1.165, 1.54) is 30.4 Å². The van der Waals surface area contributed by atoms with E-state index in [-0.39, 0.29) is 17.8 Å². The second-order valence-corrected chi connectivity index (χ2v) is 10.1. The molecular formula is C26H39N2O6+. The zero-order chi connectivity index (χ0) is 24.2. The number of piperidine rings is 1. The van der Waals surface area contributed by atoms with Gasteiger partial charge >= 0.3 is 12.1 Å². The first-order valence-corrected chi connectivity index (χ1v) is 12.7. The smallest absolute Gasteiger partial charge is 0.434 e. The van der Waals surface area contributed by atoms with Crippen LogP contribution in [0.4, 0.5) is 4.79 Å². The lowest BCUT2D eigenvalue weighted by Gasteiger charge is -2.60. The van der Waals surface area contributed by atoms with Crippen LogP contribution in [0.3, 0.4) is 0 Å². The van der Waals surface area contributed by atoms with Crippen LogP contribution in [0.1, 0.15) is 56.6 Å². The number of ether oxygens (including phenoxy) is 4. The van der Waals surface area contributed by atoms with Crippen molar-refractivity contribution in [1.82, 2.24) is 0 Å². The van der Waals surface area contributed by atoms with E-state index in [2.05, 4.69) is 19.2 Å². The first-order valence-electron chi connectivity index (χ1n) is 12.7. The summed E-state index contributed by atoms with van der Waals surface area (Å²) in [5.41, 5.74) is 8.19. The number of carbonyl (C=O) groups is 2. The van der Waals surface area contributed by atoms with E-state index in [1.54, 1.807) is 6.92 Å². The van der Waals surface area contributed by atoms with Gasteiger partial charge in [-0.25, -0.2) is 4.79 Å². The maximum atomic E-state index is 12.3.